The Hall–Kier alpha value is -1.35. The van der Waals surface area contributed by atoms with Gasteiger partial charge >= 0.3 is 0 Å². The van der Waals surface area contributed by atoms with Crippen LogP contribution < -0.4 is 5.32 Å². The van der Waals surface area contributed by atoms with E-state index in [9.17, 15) is 9.59 Å². The largest absolute Gasteiger partial charge is 0.325 e. The van der Waals surface area contributed by atoms with Crippen molar-refractivity contribution >= 4 is 29.0 Å². The lowest BCUT2D eigenvalue weighted by atomic mass is 9.91. The molecule has 1 amide bonds. The van der Waals surface area contributed by atoms with Crippen molar-refractivity contribution < 1.29 is 9.59 Å². The van der Waals surface area contributed by atoms with Gasteiger partial charge in [0, 0.05) is 11.3 Å². The number of rotatable bonds is 2. The van der Waals surface area contributed by atoms with Crippen molar-refractivity contribution in [2.45, 2.75) is 39.0 Å². The number of halogens is 1. The Morgan fingerprint density at radius 3 is 2.56 bits per heavy atom. The number of carbonyl (C=O) groups excluding carboxylic acids is 2. The Labute approximate surface area is 112 Å². The maximum absolute atomic E-state index is 12.1. The smallest absolute Gasteiger partial charge is 0.231 e. The normalized spacial score (nSPS) is 19.4. The first kappa shape index (κ1) is 13.1. The molecule has 4 heteroatoms. The minimum Gasteiger partial charge on any atom is -0.325 e. The number of hydrogen-bond donors (Lipinski definition) is 1. The molecule has 0 aromatic heterocycles. The molecule has 0 fully saturated rings. The number of fused-ring (bicyclic) bond motifs is 1. The Morgan fingerprint density at radius 2 is 2.00 bits per heavy atom. The zero-order valence-corrected chi connectivity index (χ0v) is 11.7. The van der Waals surface area contributed by atoms with Gasteiger partial charge in [0.15, 0.2) is 5.78 Å². The standard InChI is InChI=1S/C14H16ClNO2/c1-6-7(2)12-10(8(3)14(18)16-12)5-11(6)13(17)9(4)15/h5,8-9H,1-4H3,(H,16,18). The fourth-order valence-electron chi connectivity index (χ4n) is 2.29. The van der Waals surface area contributed by atoms with Crippen LogP contribution in [-0.4, -0.2) is 17.1 Å². The second kappa shape index (κ2) is 4.39. The molecule has 1 aliphatic rings. The number of ketones is 1. The summed E-state index contributed by atoms with van der Waals surface area (Å²) in [5.74, 6) is -0.320. The van der Waals surface area contributed by atoms with Crippen molar-refractivity contribution in [3.05, 3.63) is 28.3 Å². The van der Waals surface area contributed by atoms with E-state index in [-0.39, 0.29) is 17.6 Å². The van der Waals surface area contributed by atoms with E-state index in [2.05, 4.69) is 5.32 Å². The summed E-state index contributed by atoms with van der Waals surface area (Å²) in [6.45, 7) is 7.31. The number of nitrogens with one attached hydrogen (secondary N) is 1. The predicted octanol–water partition coefficient (Wildman–Crippen LogP) is 3.17. The van der Waals surface area contributed by atoms with Crippen molar-refractivity contribution in [2.75, 3.05) is 5.32 Å². The van der Waals surface area contributed by atoms with Crippen LogP contribution in [0.1, 0.15) is 46.8 Å². The summed E-state index contributed by atoms with van der Waals surface area (Å²) in [5, 5.41) is 2.31. The van der Waals surface area contributed by atoms with Gasteiger partial charge < -0.3 is 5.32 Å². The number of amides is 1. The molecule has 1 aliphatic heterocycles. The molecule has 2 atom stereocenters. The molecule has 96 valence electrons. The lowest BCUT2D eigenvalue weighted by Gasteiger charge is -2.14. The lowest BCUT2D eigenvalue weighted by molar-refractivity contribution is -0.116. The number of alkyl halides is 1. The van der Waals surface area contributed by atoms with Gasteiger partial charge in [-0.3, -0.25) is 9.59 Å². The van der Waals surface area contributed by atoms with Crippen LogP contribution >= 0.6 is 11.6 Å². The average molecular weight is 266 g/mol. The van der Waals surface area contributed by atoms with Gasteiger partial charge in [0.25, 0.3) is 0 Å². The molecular formula is C14H16ClNO2. The number of benzene rings is 1. The van der Waals surface area contributed by atoms with Gasteiger partial charge in [-0.25, -0.2) is 0 Å². The van der Waals surface area contributed by atoms with E-state index >= 15 is 0 Å². The first-order valence-electron chi connectivity index (χ1n) is 5.97. The van der Waals surface area contributed by atoms with Crippen LogP contribution in [0, 0.1) is 13.8 Å². The van der Waals surface area contributed by atoms with Crippen LogP contribution in [-0.2, 0) is 4.79 Å². The van der Waals surface area contributed by atoms with E-state index in [1.807, 2.05) is 20.8 Å². The van der Waals surface area contributed by atoms with Crippen LogP contribution in [0.4, 0.5) is 5.69 Å². The van der Waals surface area contributed by atoms with Gasteiger partial charge in [0.2, 0.25) is 5.91 Å². The van der Waals surface area contributed by atoms with Crippen molar-refractivity contribution in [3.8, 4) is 0 Å². The molecule has 0 radical (unpaired) electrons. The highest BCUT2D eigenvalue weighted by atomic mass is 35.5. The van der Waals surface area contributed by atoms with Gasteiger partial charge in [-0.05, 0) is 50.5 Å². The first-order chi connectivity index (χ1) is 8.34. The summed E-state index contributed by atoms with van der Waals surface area (Å²) in [4.78, 5) is 23.8. The van der Waals surface area contributed by atoms with Gasteiger partial charge in [0.05, 0.1) is 11.3 Å². The van der Waals surface area contributed by atoms with Gasteiger partial charge in [-0.1, -0.05) is 0 Å². The summed E-state index contributed by atoms with van der Waals surface area (Å²) in [6, 6.07) is 1.81. The Balaban J connectivity index is 2.64. The molecular weight excluding hydrogens is 250 g/mol. The zero-order chi connectivity index (χ0) is 13.6. The van der Waals surface area contributed by atoms with Crippen molar-refractivity contribution in [1.82, 2.24) is 0 Å². The van der Waals surface area contributed by atoms with E-state index in [4.69, 9.17) is 11.6 Å². The van der Waals surface area contributed by atoms with E-state index in [1.165, 1.54) is 0 Å². The second-order valence-electron chi connectivity index (χ2n) is 4.83. The third kappa shape index (κ3) is 1.83. The van der Waals surface area contributed by atoms with Crippen molar-refractivity contribution in [3.63, 3.8) is 0 Å². The molecule has 0 aliphatic carbocycles. The molecule has 1 heterocycles. The summed E-state index contributed by atoms with van der Waals surface area (Å²) >= 11 is 5.87. The zero-order valence-electron chi connectivity index (χ0n) is 10.9. The Morgan fingerprint density at radius 1 is 1.39 bits per heavy atom. The third-order valence-corrected chi connectivity index (χ3v) is 3.86. The fourth-order valence-corrected chi connectivity index (χ4v) is 2.41. The number of carbonyl (C=O) groups is 2. The molecule has 0 spiro atoms. The van der Waals surface area contributed by atoms with Crippen LogP contribution in [0.2, 0.25) is 0 Å². The van der Waals surface area contributed by atoms with Crippen LogP contribution in [0.15, 0.2) is 6.07 Å². The first-order valence-corrected chi connectivity index (χ1v) is 6.41. The minimum absolute atomic E-state index is 0.0176. The van der Waals surface area contributed by atoms with E-state index in [0.717, 1.165) is 22.4 Å². The maximum Gasteiger partial charge on any atom is 0.231 e. The average Bonchev–Trinajstić information content (AvgIpc) is 2.60. The van der Waals surface area contributed by atoms with E-state index < -0.39 is 5.38 Å². The summed E-state index contributed by atoms with van der Waals surface area (Å²) in [7, 11) is 0. The summed E-state index contributed by atoms with van der Waals surface area (Å²) in [6.07, 6.45) is 0. The molecule has 1 aromatic carbocycles. The lowest BCUT2D eigenvalue weighted by Crippen LogP contribution is -2.13. The van der Waals surface area contributed by atoms with Gasteiger partial charge in [-0.2, -0.15) is 0 Å². The van der Waals surface area contributed by atoms with Crippen LogP contribution in [0.3, 0.4) is 0 Å². The topological polar surface area (TPSA) is 46.2 Å². The molecule has 0 bridgehead atoms. The number of anilines is 1. The van der Waals surface area contributed by atoms with Gasteiger partial charge in [-0.15, -0.1) is 11.6 Å². The Bertz CT molecular complexity index is 549. The van der Waals surface area contributed by atoms with E-state index in [1.54, 1.807) is 13.0 Å². The number of Topliss-reactive ketones (excluding diaryl/α,β-unsaturated/α-hetero) is 1. The monoisotopic (exact) mass is 265 g/mol. The highest BCUT2D eigenvalue weighted by molar-refractivity contribution is 6.33. The predicted molar refractivity (Wildman–Crippen MR) is 72.6 cm³/mol. The molecule has 0 saturated carbocycles. The van der Waals surface area contributed by atoms with Crippen molar-refractivity contribution in [2.24, 2.45) is 0 Å². The van der Waals surface area contributed by atoms with Crippen LogP contribution in [0.25, 0.3) is 0 Å². The Kier molecular flexibility index (Phi) is 3.20. The molecule has 2 rings (SSSR count). The van der Waals surface area contributed by atoms with E-state index in [0.29, 0.717) is 5.56 Å². The molecule has 1 N–H and O–H groups in total. The molecule has 0 saturated heterocycles. The van der Waals surface area contributed by atoms with Crippen LogP contribution in [0.5, 0.6) is 0 Å². The second-order valence-corrected chi connectivity index (χ2v) is 5.48. The SMILES string of the molecule is Cc1c(C(=O)C(C)Cl)cc2c(c1C)NC(=O)C2C. The van der Waals surface area contributed by atoms with Crippen molar-refractivity contribution in [1.29, 1.82) is 0 Å². The third-order valence-electron chi connectivity index (χ3n) is 3.66. The summed E-state index contributed by atoms with van der Waals surface area (Å²) in [5.41, 5.74) is 4.20. The quantitative estimate of drug-likeness (QED) is 0.659. The molecule has 3 nitrogen and oxygen atoms in total. The summed E-state index contributed by atoms with van der Waals surface area (Å²) < 4.78 is 0. The van der Waals surface area contributed by atoms with Gasteiger partial charge in [0.1, 0.15) is 0 Å². The molecule has 2 unspecified atom stereocenters. The molecule has 18 heavy (non-hydrogen) atoms. The highest BCUT2D eigenvalue weighted by Gasteiger charge is 2.30. The highest BCUT2D eigenvalue weighted by Crippen LogP contribution is 2.38. The maximum atomic E-state index is 12.1. The fraction of sp³-hybridized carbons (Fsp3) is 0.429. The minimum atomic E-state index is -0.554. The molecule has 1 aromatic rings. The number of hydrogen-bond acceptors (Lipinski definition) is 2.